The molecule has 0 radical (unpaired) electrons. The number of furan rings is 1. The summed E-state index contributed by atoms with van der Waals surface area (Å²) >= 11 is 0. The van der Waals surface area contributed by atoms with Crippen molar-refractivity contribution in [2.24, 2.45) is 0 Å². The molecule has 0 bridgehead atoms. The maximum atomic E-state index is 13.2. The van der Waals surface area contributed by atoms with E-state index in [9.17, 15) is 18.4 Å². The molecule has 2 N–H and O–H groups in total. The Bertz CT molecular complexity index is 668. The molecule has 0 saturated carbocycles. The first kappa shape index (κ1) is 14.7. The summed E-state index contributed by atoms with van der Waals surface area (Å²) in [5.74, 6) is -4.27. The normalized spacial score (nSPS) is 10.4. The summed E-state index contributed by atoms with van der Waals surface area (Å²) in [6, 6.07) is 4.46. The van der Waals surface area contributed by atoms with Crippen LogP contribution in [0.25, 0.3) is 0 Å². The number of hydrogen-bond acceptors (Lipinski definition) is 3. The van der Waals surface area contributed by atoms with Gasteiger partial charge < -0.3 is 14.8 Å². The Morgan fingerprint density at radius 2 is 1.86 bits per heavy atom. The van der Waals surface area contributed by atoms with Crippen LogP contribution in [0.1, 0.15) is 26.5 Å². The zero-order chi connectivity index (χ0) is 15.4. The number of carboxylic acids is 1. The molecular formula is C14H11F2NO4. The Kier molecular flexibility index (Phi) is 4.32. The average molecular weight is 295 g/mol. The molecule has 21 heavy (non-hydrogen) atoms. The first-order valence-corrected chi connectivity index (χ1v) is 6.02. The number of amides is 1. The van der Waals surface area contributed by atoms with Crippen molar-refractivity contribution in [2.45, 2.75) is 6.42 Å². The Labute approximate surface area is 118 Å². The van der Waals surface area contributed by atoms with Crippen LogP contribution in [-0.2, 0) is 6.42 Å². The van der Waals surface area contributed by atoms with Gasteiger partial charge in [-0.1, -0.05) is 0 Å². The van der Waals surface area contributed by atoms with E-state index in [0.717, 1.165) is 0 Å². The van der Waals surface area contributed by atoms with Crippen LogP contribution in [0.15, 0.2) is 34.9 Å². The lowest BCUT2D eigenvalue weighted by Gasteiger charge is -2.08. The summed E-state index contributed by atoms with van der Waals surface area (Å²) in [5, 5.41) is 11.3. The van der Waals surface area contributed by atoms with Crippen LogP contribution < -0.4 is 5.32 Å². The zero-order valence-corrected chi connectivity index (χ0v) is 10.7. The fourth-order valence-corrected chi connectivity index (χ4v) is 1.76. The van der Waals surface area contributed by atoms with Crippen molar-refractivity contribution >= 4 is 11.9 Å². The van der Waals surface area contributed by atoms with Gasteiger partial charge in [-0.3, -0.25) is 4.79 Å². The van der Waals surface area contributed by atoms with Crippen LogP contribution in [0.5, 0.6) is 0 Å². The zero-order valence-electron chi connectivity index (χ0n) is 10.7. The van der Waals surface area contributed by atoms with E-state index < -0.39 is 34.6 Å². The van der Waals surface area contributed by atoms with Crippen molar-refractivity contribution in [3.8, 4) is 0 Å². The summed E-state index contributed by atoms with van der Waals surface area (Å²) in [5.41, 5.74) is -1.02. The van der Waals surface area contributed by atoms with Crippen LogP contribution in [0.2, 0.25) is 0 Å². The Hall–Kier alpha value is -2.70. The molecule has 1 aromatic carbocycles. The monoisotopic (exact) mass is 295 g/mol. The van der Waals surface area contributed by atoms with Gasteiger partial charge in [0.25, 0.3) is 5.91 Å². The van der Waals surface area contributed by atoms with Gasteiger partial charge in [-0.25, -0.2) is 13.6 Å². The van der Waals surface area contributed by atoms with E-state index >= 15 is 0 Å². The van der Waals surface area contributed by atoms with Gasteiger partial charge >= 0.3 is 5.97 Å². The third-order valence-electron chi connectivity index (χ3n) is 2.77. The van der Waals surface area contributed by atoms with Gasteiger partial charge in [-0.2, -0.15) is 0 Å². The van der Waals surface area contributed by atoms with Crippen molar-refractivity contribution in [1.82, 2.24) is 5.32 Å². The number of hydrogen-bond donors (Lipinski definition) is 2. The predicted molar refractivity (Wildman–Crippen MR) is 68.1 cm³/mol. The molecule has 110 valence electrons. The second-order valence-corrected chi connectivity index (χ2v) is 4.20. The van der Waals surface area contributed by atoms with Gasteiger partial charge in [0.05, 0.1) is 17.4 Å². The Balaban J connectivity index is 2.11. The van der Waals surface area contributed by atoms with E-state index in [-0.39, 0.29) is 6.54 Å². The molecule has 2 rings (SSSR count). The molecule has 0 aliphatic carbocycles. The molecule has 1 amide bonds. The van der Waals surface area contributed by atoms with Gasteiger partial charge in [0.15, 0.2) is 11.6 Å². The maximum absolute atomic E-state index is 13.2. The highest BCUT2D eigenvalue weighted by molar-refractivity contribution is 6.04. The fraction of sp³-hybridized carbons (Fsp3) is 0.143. The summed E-state index contributed by atoms with van der Waals surface area (Å²) in [7, 11) is 0. The minimum absolute atomic E-state index is 0.171. The smallest absolute Gasteiger partial charge is 0.336 e. The lowest BCUT2D eigenvalue weighted by atomic mass is 10.1. The summed E-state index contributed by atoms with van der Waals surface area (Å²) < 4.78 is 31.3. The predicted octanol–water partition coefficient (Wildman–Crippen LogP) is 2.23. The van der Waals surface area contributed by atoms with Crippen LogP contribution in [-0.4, -0.2) is 23.5 Å². The van der Waals surface area contributed by atoms with Gasteiger partial charge in [-0.15, -0.1) is 0 Å². The van der Waals surface area contributed by atoms with Crippen molar-refractivity contribution in [2.75, 3.05) is 6.54 Å². The fourth-order valence-electron chi connectivity index (χ4n) is 1.76. The SMILES string of the molecule is O=C(O)c1cc(F)c(F)cc1C(=O)NCCc1ccco1. The number of carbonyl (C=O) groups excluding carboxylic acids is 1. The summed E-state index contributed by atoms with van der Waals surface area (Å²) in [6.07, 6.45) is 1.87. The van der Waals surface area contributed by atoms with Gasteiger partial charge in [0.2, 0.25) is 0 Å². The standard InChI is InChI=1S/C14H11F2NO4/c15-11-6-9(10(14(19)20)7-12(11)16)13(18)17-4-3-8-2-1-5-21-8/h1-2,5-7H,3-4H2,(H,17,18)(H,19,20). The minimum atomic E-state index is -1.51. The molecule has 5 nitrogen and oxygen atoms in total. The largest absolute Gasteiger partial charge is 0.478 e. The van der Waals surface area contributed by atoms with Crippen molar-refractivity contribution in [1.29, 1.82) is 0 Å². The minimum Gasteiger partial charge on any atom is -0.478 e. The van der Waals surface area contributed by atoms with E-state index in [1.165, 1.54) is 6.26 Å². The van der Waals surface area contributed by atoms with Crippen LogP contribution in [0, 0.1) is 11.6 Å². The highest BCUT2D eigenvalue weighted by Crippen LogP contribution is 2.15. The van der Waals surface area contributed by atoms with Crippen molar-refractivity contribution < 1.29 is 27.9 Å². The van der Waals surface area contributed by atoms with Crippen molar-refractivity contribution in [3.63, 3.8) is 0 Å². The first-order valence-electron chi connectivity index (χ1n) is 6.02. The van der Waals surface area contributed by atoms with Gasteiger partial charge in [0.1, 0.15) is 5.76 Å². The Morgan fingerprint density at radius 1 is 1.19 bits per heavy atom. The molecule has 0 fully saturated rings. The molecule has 0 aliphatic rings. The van der Waals surface area contributed by atoms with Gasteiger partial charge in [0, 0.05) is 13.0 Å². The van der Waals surface area contributed by atoms with Crippen LogP contribution in [0.4, 0.5) is 8.78 Å². The second kappa shape index (κ2) is 6.17. The lowest BCUT2D eigenvalue weighted by molar-refractivity contribution is 0.0690. The Morgan fingerprint density at radius 3 is 2.43 bits per heavy atom. The van der Waals surface area contributed by atoms with Crippen LogP contribution >= 0.6 is 0 Å². The maximum Gasteiger partial charge on any atom is 0.336 e. The van der Waals surface area contributed by atoms with E-state index in [2.05, 4.69) is 5.32 Å². The molecule has 1 aromatic heterocycles. The molecular weight excluding hydrogens is 284 g/mol. The molecule has 0 saturated heterocycles. The van der Waals surface area contributed by atoms with Crippen LogP contribution in [0.3, 0.4) is 0 Å². The second-order valence-electron chi connectivity index (χ2n) is 4.20. The molecule has 0 unspecified atom stereocenters. The number of benzene rings is 1. The summed E-state index contributed by atoms with van der Waals surface area (Å²) in [6.45, 7) is 0.171. The number of halogens is 2. The summed E-state index contributed by atoms with van der Waals surface area (Å²) in [4.78, 5) is 22.8. The number of aromatic carboxylic acids is 1. The molecule has 7 heteroatoms. The number of carbonyl (C=O) groups is 2. The highest BCUT2D eigenvalue weighted by Gasteiger charge is 2.20. The average Bonchev–Trinajstić information content (AvgIpc) is 2.94. The number of carboxylic acid groups (broad SMARTS) is 1. The van der Waals surface area contributed by atoms with E-state index in [0.29, 0.717) is 24.3 Å². The van der Waals surface area contributed by atoms with E-state index in [1.807, 2.05) is 0 Å². The van der Waals surface area contributed by atoms with E-state index in [1.54, 1.807) is 12.1 Å². The molecule has 2 aromatic rings. The molecule has 0 aliphatic heterocycles. The quantitative estimate of drug-likeness (QED) is 0.886. The third kappa shape index (κ3) is 3.44. The third-order valence-corrected chi connectivity index (χ3v) is 2.77. The molecule has 0 atom stereocenters. The first-order chi connectivity index (χ1) is 9.99. The lowest BCUT2D eigenvalue weighted by Crippen LogP contribution is -2.27. The van der Waals surface area contributed by atoms with Crippen molar-refractivity contribution in [3.05, 3.63) is 59.1 Å². The van der Waals surface area contributed by atoms with E-state index in [4.69, 9.17) is 9.52 Å². The number of nitrogens with one attached hydrogen (secondary N) is 1. The molecule has 1 heterocycles. The van der Waals surface area contributed by atoms with Gasteiger partial charge in [-0.05, 0) is 24.3 Å². The topological polar surface area (TPSA) is 79.5 Å². The molecule has 0 spiro atoms. The highest BCUT2D eigenvalue weighted by atomic mass is 19.2. The number of rotatable bonds is 5.